The van der Waals surface area contributed by atoms with Crippen molar-refractivity contribution in [2.75, 3.05) is 13.6 Å². The summed E-state index contributed by atoms with van der Waals surface area (Å²) in [6.45, 7) is 3.19. The van der Waals surface area contributed by atoms with Crippen LogP contribution in [0, 0.1) is 5.92 Å². The lowest BCUT2D eigenvalue weighted by Gasteiger charge is -2.28. The molecule has 102 valence electrons. The third-order valence-electron chi connectivity index (χ3n) is 3.95. The van der Waals surface area contributed by atoms with Gasteiger partial charge in [0.05, 0.1) is 12.0 Å². The monoisotopic (exact) mass is 259 g/mol. The average Bonchev–Trinajstić information content (AvgIpc) is 2.98. The highest BCUT2D eigenvalue weighted by Crippen LogP contribution is 2.19. The highest BCUT2D eigenvalue weighted by molar-refractivity contribution is 4.99. The third kappa shape index (κ3) is 2.71. The Morgan fingerprint density at radius 2 is 2.37 bits per heavy atom. The fraction of sp³-hybridized carbons (Fsp3) is 0.571. The van der Waals surface area contributed by atoms with Crippen LogP contribution in [0.5, 0.6) is 0 Å². The molecule has 0 aliphatic carbocycles. The molecule has 2 aromatic rings. The Balaban J connectivity index is 1.56. The number of hydrogen-bond donors (Lipinski definition) is 0. The van der Waals surface area contributed by atoms with Gasteiger partial charge in [-0.15, -0.1) is 0 Å². The number of aromatic nitrogens is 4. The van der Waals surface area contributed by atoms with Crippen LogP contribution in [0.2, 0.25) is 0 Å². The summed E-state index contributed by atoms with van der Waals surface area (Å²) in [5.41, 5.74) is 1.27. The first kappa shape index (κ1) is 12.4. The fourth-order valence-electron chi connectivity index (χ4n) is 2.90. The maximum absolute atomic E-state index is 4.38. The summed E-state index contributed by atoms with van der Waals surface area (Å²) < 4.78 is 4.39. The Kier molecular flexibility index (Phi) is 3.38. The molecule has 19 heavy (non-hydrogen) atoms. The van der Waals surface area contributed by atoms with Crippen molar-refractivity contribution in [2.45, 2.75) is 25.9 Å². The Hall–Kier alpha value is -1.62. The Morgan fingerprint density at radius 1 is 1.47 bits per heavy atom. The first-order valence-corrected chi connectivity index (χ1v) is 6.86. The minimum Gasteiger partial charge on any atom is -0.337 e. The maximum Gasteiger partial charge on any atom is 0.108 e. The number of rotatable bonds is 4. The first-order chi connectivity index (χ1) is 9.22. The zero-order valence-electron chi connectivity index (χ0n) is 11.7. The molecule has 1 atom stereocenters. The van der Waals surface area contributed by atoms with Crippen molar-refractivity contribution < 1.29 is 0 Å². The molecular formula is C14H21N5. The van der Waals surface area contributed by atoms with Crippen LogP contribution in [0.4, 0.5) is 0 Å². The number of aryl methyl sites for hydroxylation is 2. The van der Waals surface area contributed by atoms with Crippen molar-refractivity contribution in [1.29, 1.82) is 0 Å². The molecule has 0 bridgehead atoms. The minimum atomic E-state index is 0.722. The number of hydrogen-bond acceptors (Lipinski definition) is 3. The number of nitrogens with zero attached hydrogens (tertiary/aromatic N) is 5. The van der Waals surface area contributed by atoms with Crippen molar-refractivity contribution in [2.24, 2.45) is 13.0 Å². The molecule has 0 radical (unpaired) electrons. The Labute approximate surface area is 113 Å². The van der Waals surface area contributed by atoms with Gasteiger partial charge >= 0.3 is 0 Å². The minimum absolute atomic E-state index is 0.722. The molecule has 0 N–H and O–H groups in total. The average molecular weight is 259 g/mol. The maximum atomic E-state index is 4.38. The molecule has 2 aromatic heterocycles. The van der Waals surface area contributed by atoms with Crippen LogP contribution in [-0.2, 0) is 26.6 Å². The van der Waals surface area contributed by atoms with Gasteiger partial charge in [0.25, 0.3) is 0 Å². The first-order valence-electron chi connectivity index (χ1n) is 6.86. The number of imidazole rings is 2. The van der Waals surface area contributed by atoms with E-state index in [-0.39, 0.29) is 0 Å². The second-order valence-corrected chi connectivity index (χ2v) is 5.59. The summed E-state index contributed by atoms with van der Waals surface area (Å²) in [5.74, 6) is 1.96. The molecule has 5 heteroatoms. The molecule has 5 nitrogen and oxygen atoms in total. The molecule has 3 heterocycles. The lowest BCUT2D eigenvalue weighted by Crippen LogP contribution is -2.31. The predicted molar refractivity (Wildman–Crippen MR) is 73.6 cm³/mol. The summed E-state index contributed by atoms with van der Waals surface area (Å²) >= 11 is 0. The van der Waals surface area contributed by atoms with Crippen LogP contribution < -0.4 is 0 Å². The quantitative estimate of drug-likeness (QED) is 0.831. The molecule has 1 aliphatic heterocycles. The van der Waals surface area contributed by atoms with Gasteiger partial charge in [-0.3, -0.25) is 0 Å². The standard InChI is InChI=1S/C14H21N5/c1-17(10-13-7-15-11-18(13)2)8-12-3-4-14-16-5-6-19(14)9-12/h5-7,11-12H,3-4,8-10H2,1-2H3/t12-/m1/s1. The lowest BCUT2D eigenvalue weighted by atomic mass is 9.99. The Bertz CT molecular complexity index is 542. The fourth-order valence-corrected chi connectivity index (χ4v) is 2.90. The van der Waals surface area contributed by atoms with Crippen molar-refractivity contribution in [3.8, 4) is 0 Å². The lowest BCUT2D eigenvalue weighted by molar-refractivity contribution is 0.226. The van der Waals surface area contributed by atoms with Crippen LogP contribution >= 0.6 is 0 Å². The molecule has 3 rings (SSSR count). The summed E-state index contributed by atoms with van der Waals surface area (Å²) in [4.78, 5) is 10.9. The second kappa shape index (κ2) is 5.17. The van der Waals surface area contributed by atoms with Crippen molar-refractivity contribution in [1.82, 2.24) is 24.0 Å². The van der Waals surface area contributed by atoms with Crippen LogP contribution in [-0.4, -0.2) is 37.6 Å². The van der Waals surface area contributed by atoms with Crippen molar-refractivity contribution in [3.63, 3.8) is 0 Å². The van der Waals surface area contributed by atoms with E-state index in [2.05, 4.69) is 44.3 Å². The SMILES string of the molecule is CN(Cc1cncn1C)C[C@H]1CCc2nccn2C1. The van der Waals surface area contributed by atoms with E-state index >= 15 is 0 Å². The van der Waals surface area contributed by atoms with Crippen LogP contribution in [0.3, 0.4) is 0 Å². The molecule has 0 aromatic carbocycles. The molecular weight excluding hydrogens is 238 g/mol. The topological polar surface area (TPSA) is 38.9 Å². The van der Waals surface area contributed by atoms with Crippen LogP contribution in [0.1, 0.15) is 17.9 Å². The molecule has 0 saturated carbocycles. The number of fused-ring (bicyclic) bond motifs is 1. The van der Waals surface area contributed by atoms with Crippen LogP contribution in [0.15, 0.2) is 24.9 Å². The molecule has 1 aliphatic rings. The zero-order chi connectivity index (χ0) is 13.2. The molecule has 0 unspecified atom stereocenters. The van der Waals surface area contributed by atoms with Gasteiger partial charge in [-0.2, -0.15) is 0 Å². The van der Waals surface area contributed by atoms with Gasteiger partial charge in [-0.25, -0.2) is 9.97 Å². The smallest absolute Gasteiger partial charge is 0.108 e. The van der Waals surface area contributed by atoms with Crippen LogP contribution in [0.25, 0.3) is 0 Å². The van der Waals surface area contributed by atoms with E-state index in [9.17, 15) is 0 Å². The third-order valence-corrected chi connectivity index (χ3v) is 3.95. The Morgan fingerprint density at radius 3 is 3.16 bits per heavy atom. The second-order valence-electron chi connectivity index (χ2n) is 5.59. The van der Waals surface area contributed by atoms with Gasteiger partial charge in [0.1, 0.15) is 5.82 Å². The van der Waals surface area contributed by atoms with Crippen molar-refractivity contribution >= 4 is 0 Å². The van der Waals surface area contributed by atoms with Gasteiger partial charge in [0.15, 0.2) is 0 Å². The van der Waals surface area contributed by atoms with Gasteiger partial charge in [-0.05, 0) is 19.4 Å². The van der Waals surface area contributed by atoms with Gasteiger partial charge in [-0.1, -0.05) is 0 Å². The van der Waals surface area contributed by atoms with Gasteiger partial charge < -0.3 is 14.0 Å². The van der Waals surface area contributed by atoms with E-state index in [0.717, 1.165) is 32.0 Å². The van der Waals surface area contributed by atoms with Gasteiger partial charge in [0.2, 0.25) is 0 Å². The normalized spacial score (nSPS) is 18.8. The van der Waals surface area contributed by atoms with Crippen molar-refractivity contribution in [3.05, 3.63) is 36.4 Å². The summed E-state index contributed by atoms with van der Waals surface area (Å²) in [5, 5.41) is 0. The van der Waals surface area contributed by atoms with E-state index < -0.39 is 0 Å². The molecule has 0 saturated heterocycles. The van der Waals surface area contributed by atoms with E-state index in [4.69, 9.17) is 0 Å². The predicted octanol–water partition coefficient (Wildman–Crippen LogP) is 1.31. The molecule has 0 spiro atoms. The highest BCUT2D eigenvalue weighted by atomic mass is 15.1. The highest BCUT2D eigenvalue weighted by Gasteiger charge is 2.20. The summed E-state index contributed by atoms with van der Waals surface area (Å²) in [6, 6.07) is 0. The van der Waals surface area contributed by atoms with E-state index in [1.165, 1.54) is 17.9 Å². The molecule has 0 amide bonds. The van der Waals surface area contributed by atoms with E-state index in [0.29, 0.717) is 0 Å². The van der Waals surface area contributed by atoms with E-state index in [1.807, 2.05) is 18.7 Å². The molecule has 0 fully saturated rings. The summed E-state index contributed by atoms with van der Waals surface area (Å²) in [7, 11) is 4.24. The largest absolute Gasteiger partial charge is 0.337 e. The summed E-state index contributed by atoms with van der Waals surface area (Å²) in [6.07, 6.45) is 10.2. The zero-order valence-corrected chi connectivity index (χ0v) is 11.7. The van der Waals surface area contributed by atoms with Gasteiger partial charge in [0, 0.05) is 51.7 Å². The van der Waals surface area contributed by atoms with E-state index in [1.54, 1.807) is 0 Å².